The number of hydrogen-bond acceptors (Lipinski definition) is 5. The average Bonchev–Trinajstić information content (AvgIpc) is 2.62. The zero-order chi connectivity index (χ0) is 8.55. The molecular weight excluding hydrogens is 164 g/mol. The van der Waals surface area contributed by atoms with Crippen LogP contribution in [0.25, 0.3) is 0 Å². The number of ether oxygens (including phenoxy) is 3. The SMILES string of the molecule is OCC(O)C1OCC2OCOC21. The second-order valence-electron chi connectivity index (χ2n) is 3.00. The van der Waals surface area contributed by atoms with Crippen LogP contribution in [0.4, 0.5) is 0 Å². The molecule has 2 aliphatic heterocycles. The minimum absolute atomic E-state index is 0.0730. The molecule has 12 heavy (non-hydrogen) atoms. The lowest BCUT2D eigenvalue weighted by molar-refractivity contribution is -0.0943. The fourth-order valence-corrected chi connectivity index (χ4v) is 1.59. The second-order valence-corrected chi connectivity index (χ2v) is 3.00. The van der Waals surface area contributed by atoms with Gasteiger partial charge in [0.1, 0.15) is 31.2 Å². The molecule has 0 aromatic carbocycles. The molecule has 0 aromatic heterocycles. The fourth-order valence-electron chi connectivity index (χ4n) is 1.59. The molecule has 0 aliphatic carbocycles. The van der Waals surface area contributed by atoms with Gasteiger partial charge in [0.25, 0.3) is 0 Å². The second kappa shape index (κ2) is 3.27. The largest absolute Gasteiger partial charge is 0.394 e. The van der Waals surface area contributed by atoms with Gasteiger partial charge in [-0.15, -0.1) is 0 Å². The molecule has 0 radical (unpaired) electrons. The van der Waals surface area contributed by atoms with Gasteiger partial charge in [-0.2, -0.15) is 0 Å². The molecule has 5 heteroatoms. The first-order chi connectivity index (χ1) is 5.83. The van der Waals surface area contributed by atoms with Crippen LogP contribution >= 0.6 is 0 Å². The summed E-state index contributed by atoms with van der Waals surface area (Å²) in [6.45, 7) is 0.386. The first kappa shape index (κ1) is 8.40. The highest BCUT2D eigenvalue weighted by atomic mass is 16.7. The highest BCUT2D eigenvalue weighted by Crippen LogP contribution is 2.27. The summed E-state index contributed by atoms with van der Waals surface area (Å²) in [4.78, 5) is 0. The minimum atomic E-state index is -0.873. The van der Waals surface area contributed by atoms with Crippen molar-refractivity contribution >= 4 is 0 Å². The van der Waals surface area contributed by atoms with Crippen molar-refractivity contribution in [3.63, 3.8) is 0 Å². The Balaban J connectivity index is 1.99. The molecule has 4 atom stereocenters. The maximum atomic E-state index is 9.29. The summed E-state index contributed by atoms with van der Waals surface area (Å²) in [5.74, 6) is 0. The van der Waals surface area contributed by atoms with Crippen LogP contribution in [0.2, 0.25) is 0 Å². The van der Waals surface area contributed by atoms with Crippen LogP contribution < -0.4 is 0 Å². The molecule has 0 aromatic rings. The highest BCUT2D eigenvalue weighted by molar-refractivity contribution is 4.91. The molecule has 4 unspecified atom stereocenters. The van der Waals surface area contributed by atoms with Crippen molar-refractivity contribution in [2.24, 2.45) is 0 Å². The van der Waals surface area contributed by atoms with E-state index < -0.39 is 12.2 Å². The smallest absolute Gasteiger partial charge is 0.147 e. The van der Waals surface area contributed by atoms with Crippen molar-refractivity contribution in [3.8, 4) is 0 Å². The maximum Gasteiger partial charge on any atom is 0.147 e. The van der Waals surface area contributed by atoms with Gasteiger partial charge in [-0.1, -0.05) is 0 Å². The molecule has 2 saturated heterocycles. The van der Waals surface area contributed by atoms with Gasteiger partial charge in [0.2, 0.25) is 0 Å². The van der Waals surface area contributed by atoms with Crippen LogP contribution in [0, 0.1) is 0 Å². The van der Waals surface area contributed by atoms with E-state index >= 15 is 0 Å². The molecule has 2 fully saturated rings. The monoisotopic (exact) mass is 176 g/mol. The predicted molar refractivity (Wildman–Crippen MR) is 37.4 cm³/mol. The molecule has 2 heterocycles. The summed E-state index contributed by atoms with van der Waals surface area (Å²) < 4.78 is 15.6. The summed E-state index contributed by atoms with van der Waals surface area (Å²) in [5, 5.41) is 18.0. The summed E-state index contributed by atoms with van der Waals surface area (Å²) in [5.41, 5.74) is 0. The predicted octanol–water partition coefficient (Wildman–Crippen LogP) is -1.52. The quantitative estimate of drug-likeness (QED) is 0.535. The van der Waals surface area contributed by atoms with E-state index in [9.17, 15) is 5.11 Å². The van der Waals surface area contributed by atoms with Crippen molar-refractivity contribution < 1.29 is 24.4 Å². The van der Waals surface area contributed by atoms with Crippen LogP contribution in [0.5, 0.6) is 0 Å². The summed E-state index contributed by atoms with van der Waals surface area (Å²) >= 11 is 0. The molecule has 2 aliphatic rings. The first-order valence-electron chi connectivity index (χ1n) is 3.96. The third-order valence-electron chi connectivity index (χ3n) is 2.25. The van der Waals surface area contributed by atoms with Gasteiger partial charge in [0.05, 0.1) is 13.2 Å². The topological polar surface area (TPSA) is 68.2 Å². The number of fused-ring (bicyclic) bond motifs is 1. The zero-order valence-corrected chi connectivity index (χ0v) is 6.55. The molecule has 2 N–H and O–H groups in total. The van der Waals surface area contributed by atoms with Crippen molar-refractivity contribution in [2.75, 3.05) is 20.0 Å². The van der Waals surface area contributed by atoms with Crippen molar-refractivity contribution in [3.05, 3.63) is 0 Å². The summed E-state index contributed by atoms with van der Waals surface area (Å²) in [6, 6.07) is 0. The molecule has 0 amide bonds. The van der Waals surface area contributed by atoms with Gasteiger partial charge in [0, 0.05) is 0 Å². The van der Waals surface area contributed by atoms with Crippen LogP contribution in [-0.4, -0.2) is 54.6 Å². The average molecular weight is 176 g/mol. The van der Waals surface area contributed by atoms with E-state index in [-0.39, 0.29) is 25.6 Å². The molecule has 2 rings (SSSR count). The Morgan fingerprint density at radius 3 is 2.92 bits per heavy atom. The van der Waals surface area contributed by atoms with Crippen LogP contribution in [0.3, 0.4) is 0 Å². The van der Waals surface area contributed by atoms with E-state index in [1.165, 1.54) is 0 Å². The molecule has 0 spiro atoms. The molecule has 5 nitrogen and oxygen atoms in total. The van der Waals surface area contributed by atoms with Crippen molar-refractivity contribution in [1.29, 1.82) is 0 Å². The van der Waals surface area contributed by atoms with E-state index in [0.717, 1.165) is 0 Å². The van der Waals surface area contributed by atoms with Gasteiger partial charge < -0.3 is 24.4 Å². The Labute approximate surface area is 69.8 Å². The lowest BCUT2D eigenvalue weighted by Gasteiger charge is -2.19. The molecular formula is C7H12O5. The highest BCUT2D eigenvalue weighted by Gasteiger charge is 2.45. The van der Waals surface area contributed by atoms with E-state index in [1.807, 2.05) is 0 Å². The van der Waals surface area contributed by atoms with Crippen molar-refractivity contribution in [2.45, 2.75) is 24.4 Å². The van der Waals surface area contributed by atoms with Gasteiger partial charge in [-0.05, 0) is 0 Å². The lowest BCUT2D eigenvalue weighted by Crippen LogP contribution is -2.39. The number of aliphatic hydroxyl groups is 2. The number of aliphatic hydroxyl groups excluding tert-OH is 2. The first-order valence-corrected chi connectivity index (χ1v) is 3.96. The number of hydrogen-bond donors (Lipinski definition) is 2. The van der Waals surface area contributed by atoms with Gasteiger partial charge in [-0.3, -0.25) is 0 Å². The Bertz CT molecular complexity index is 162. The van der Waals surface area contributed by atoms with E-state index in [2.05, 4.69) is 0 Å². The Hall–Kier alpha value is -0.200. The fraction of sp³-hybridized carbons (Fsp3) is 1.00. The minimum Gasteiger partial charge on any atom is -0.394 e. The van der Waals surface area contributed by atoms with Gasteiger partial charge in [-0.25, -0.2) is 0 Å². The lowest BCUT2D eigenvalue weighted by atomic mass is 10.1. The summed E-state index contributed by atoms with van der Waals surface area (Å²) in [7, 11) is 0. The van der Waals surface area contributed by atoms with Crippen LogP contribution in [0.15, 0.2) is 0 Å². The third kappa shape index (κ3) is 1.23. The molecule has 0 bridgehead atoms. The van der Waals surface area contributed by atoms with Gasteiger partial charge >= 0.3 is 0 Å². The normalized spacial score (nSPS) is 43.0. The molecule has 0 saturated carbocycles. The van der Waals surface area contributed by atoms with Crippen molar-refractivity contribution in [1.82, 2.24) is 0 Å². The third-order valence-corrected chi connectivity index (χ3v) is 2.25. The standard InChI is InChI=1S/C7H12O5/c8-1-4(9)6-7-5(2-10-6)11-3-12-7/h4-9H,1-3H2. The van der Waals surface area contributed by atoms with E-state index in [1.54, 1.807) is 0 Å². The van der Waals surface area contributed by atoms with Crippen LogP contribution in [-0.2, 0) is 14.2 Å². The molecule has 70 valence electrons. The van der Waals surface area contributed by atoms with Gasteiger partial charge in [0.15, 0.2) is 0 Å². The number of rotatable bonds is 2. The maximum absolute atomic E-state index is 9.29. The van der Waals surface area contributed by atoms with E-state index in [4.69, 9.17) is 19.3 Å². The zero-order valence-electron chi connectivity index (χ0n) is 6.55. The van der Waals surface area contributed by atoms with E-state index in [0.29, 0.717) is 6.61 Å². The summed E-state index contributed by atoms with van der Waals surface area (Å²) in [6.07, 6.45) is -1.60. The Kier molecular flexibility index (Phi) is 2.29. The van der Waals surface area contributed by atoms with Crippen LogP contribution in [0.1, 0.15) is 0 Å². The Morgan fingerprint density at radius 2 is 2.17 bits per heavy atom. The Morgan fingerprint density at radius 1 is 1.33 bits per heavy atom.